The molecule has 0 atom stereocenters. The van der Waals surface area contributed by atoms with Crippen molar-refractivity contribution in [2.75, 3.05) is 19.6 Å². The lowest BCUT2D eigenvalue weighted by Gasteiger charge is -2.27. The minimum absolute atomic E-state index is 0. The average molecular weight is 414 g/mol. The number of para-hydroxylation sites is 2. The van der Waals surface area contributed by atoms with E-state index in [2.05, 4.69) is 15.6 Å². The molecule has 9 heteroatoms. The molecule has 2 aromatic heterocycles. The number of aryl methyl sites for hydroxylation is 1. The summed E-state index contributed by atoms with van der Waals surface area (Å²) in [4.78, 5) is 22.5. The first kappa shape index (κ1) is 20.6. The van der Waals surface area contributed by atoms with E-state index in [1.54, 1.807) is 11.3 Å². The molecule has 0 spiro atoms. The summed E-state index contributed by atoms with van der Waals surface area (Å²) in [6.07, 6.45) is 0. The van der Waals surface area contributed by atoms with Gasteiger partial charge in [0.1, 0.15) is 6.54 Å². The van der Waals surface area contributed by atoms with Crippen LogP contribution in [0.1, 0.15) is 5.69 Å². The van der Waals surface area contributed by atoms with Crippen LogP contribution in [0, 0.1) is 12.8 Å². The molecule has 2 N–H and O–H groups in total. The van der Waals surface area contributed by atoms with E-state index in [1.807, 2.05) is 41.3 Å². The Morgan fingerprint density at radius 3 is 2.77 bits per heavy atom. The van der Waals surface area contributed by atoms with Crippen molar-refractivity contribution in [3.63, 3.8) is 0 Å². The molecular weight excluding hydrogens is 393 g/mol. The Hall–Kier alpha value is -1.67. The first-order chi connectivity index (χ1) is 11.7. The van der Waals surface area contributed by atoms with Gasteiger partial charge in [0, 0.05) is 25.6 Å². The van der Waals surface area contributed by atoms with Gasteiger partial charge in [0.05, 0.1) is 27.1 Å². The summed E-state index contributed by atoms with van der Waals surface area (Å²) in [5, 5.41) is 6.25. The summed E-state index contributed by atoms with van der Waals surface area (Å²) in [7, 11) is 0. The van der Waals surface area contributed by atoms with Crippen LogP contribution >= 0.6 is 36.2 Å². The molecule has 0 radical (unpaired) electrons. The van der Waals surface area contributed by atoms with Gasteiger partial charge in [0.25, 0.3) is 0 Å². The Bertz CT molecular complexity index is 890. The fourth-order valence-corrected chi connectivity index (χ4v) is 3.68. The van der Waals surface area contributed by atoms with Gasteiger partial charge < -0.3 is 15.2 Å². The van der Waals surface area contributed by atoms with Crippen molar-refractivity contribution in [3.05, 3.63) is 35.5 Å². The van der Waals surface area contributed by atoms with Gasteiger partial charge in [-0.25, -0.2) is 9.97 Å². The maximum Gasteiger partial charge on any atom is 0.240 e. The zero-order valence-corrected chi connectivity index (χ0v) is 16.7. The number of amides is 1. The van der Waals surface area contributed by atoms with Crippen LogP contribution < -0.4 is 10.6 Å². The third-order valence-corrected chi connectivity index (χ3v) is 5.28. The van der Waals surface area contributed by atoms with Crippen LogP contribution in [0.25, 0.3) is 21.7 Å². The highest BCUT2D eigenvalue weighted by Gasteiger charge is 2.20. The lowest BCUT2D eigenvalue weighted by Crippen LogP contribution is -2.48. The van der Waals surface area contributed by atoms with Crippen molar-refractivity contribution in [1.82, 2.24) is 25.2 Å². The highest BCUT2D eigenvalue weighted by molar-refractivity contribution is 7.13. The minimum Gasteiger partial charge on any atom is -0.354 e. The Kier molecular flexibility index (Phi) is 7.00. The van der Waals surface area contributed by atoms with Gasteiger partial charge in [-0.2, -0.15) is 0 Å². The van der Waals surface area contributed by atoms with E-state index in [1.165, 1.54) is 0 Å². The number of aromatic nitrogens is 3. The van der Waals surface area contributed by atoms with Crippen LogP contribution in [0.2, 0.25) is 0 Å². The molecule has 3 aromatic rings. The number of halogens is 2. The summed E-state index contributed by atoms with van der Waals surface area (Å²) in [5.74, 6) is 1.39. The van der Waals surface area contributed by atoms with Crippen molar-refractivity contribution < 1.29 is 4.79 Å². The topological polar surface area (TPSA) is 71.8 Å². The summed E-state index contributed by atoms with van der Waals surface area (Å²) < 4.78 is 1.99. The largest absolute Gasteiger partial charge is 0.354 e. The standard InChI is InChI=1S/C17H19N5OS.2ClH/c1-11-16(24-10-20-11)17-21-13-4-2-3-5-14(13)22(17)9-15(23)19-8-12-6-18-7-12;;/h2-5,10,12,18H,6-9H2,1H3,(H,19,23);2*1H. The number of imidazole rings is 1. The Balaban J connectivity index is 0.00000121. The molecule has 6 nitrogen and oxygen atoms in total. The summed E-state index contributed by atoms with van der Waals surface area (Å²) in [5.41, 5.74) is 4.63. The number of rotatable bonds is 5. The van der Waals surface area contributed by atoms with Gasteiger partial charge >= 0.3 is 0 Å². The Morgan fingerprint density at radius 1 is 1.35 bits per heavy atom. The molecule has 140 valence electrons. The predicted molar refractivity (Wildman–Crippen MR) is 109 cm³/mol. The molecule has 1 fully saturated rings. The second-order valence-electron chi connectivity index (χ2n) is 6.11. The molecule has 26 heavy (non-hydrogen) atoms. The van der Waals surface area contributed by atoms with Crippen molar-refractivity contribution in [1.29, 1.82) is 0 Å². The maximum atomic E-state index is 12.4. The van der Waals surface area contributed by atoms with Gasteiger partial charge in [-0.15, -0.1) is 36.2 Å². The molecule has 1 amide bonds. The van der Waals surface area contributed by atoms with Crippen LogP contribution in [0.4, 0.5) is 0 Å². The average Bonchev–Trinajstić information content (AvgIpc) is 3.10. The predicted octanol–water partition coefficient (Wildman–Crippen LogP) is 2.65. The highest BCUT2D eigenvalue weighted by atomic mass is 35.5. The third-order valence-electron chi connectivity index (χ3n) is 4.36. The zero-order chi connectivity index (χ0) is 16.5. The normalized spacial score (nSPS) is 13.6. The van der Waals surface area contributed by atoms with Crippen molar-refractivity contribution >= 4 is 53.1 Å². The molecule has 0 bridgehead atoms. The molecule has 0 unspecified atom stereocenters. The van der Waals surface area contributed by atoms with Crippen LogP contribution in [-0.2, 0) is 11.3 Å². The lowest BCUT2D eigenvalue weighted by atomic mass is 10.0. The fourth-order valence-electron chi connectivity index (χ4n) is 2.88. The molecule has 1 aromatic carbocycles. The van der Waals surface area contributed by atoms with E-state index >= 15 is 0 Å². The van der Waals surface area contributed by atoms with Gasteiger partial charge in [0.2, 0.25) is 5.91 Å². The summed E-state index contributed by atoms with van der Waals surface area (Å²) in [6.45, 7) is 4.94. The number of benzene rings is 1. The number of nitrogens with one attached hydrogen (secondary N) is 2. The summed E-state index contributed by atoms with van der Waals surface area (Å²) >= 11 is 1.56. The van der Waals surface area contributed by atoms with Crippen LogP contribution in [0.5, 0.6) is 0 Å². The summed E-state index contributed by atoms with van der Waals surface area (Å²) in [6, 6.07) is 7.92. The van der Waals surface area contributed by atoms with E-state index in [9.17, 15) is 4.79 Å². The smallest absolute Gasteiger partial charge is 0.240 e. The molecule has 0 aliphatic carbocycles. The molecule has 3 heterocycles. The van der Waals surface area contributed by atoms with Gasteiger partial charge in [0.15, 0.2) is 5.82 Å². The monoisotopic (exact) mass is 413 g/mol. The van der Waals surface area contributed by atoms with Gasteiger partial charge in [-0.1, -0.05) is 12.1 Å². The van der Waals surface area contributed by atoms with Crippen molar-refractivity contribution in [2.24, 2.45) is 5.92 Å². The van der Waals surface area contributed by atoms with E-state index in [0.29, 0.717) is 5.92 Å². The van der Waals surface area contributed by atoms with Gasteiger partial charge in [-0.05, 0) is 19.1 Å². The molecule has 1 aliphatic rings. The quantitative estimate of drug-likeness (QED) is 0.674. The number of carbonyl (C=O) groups excluding carboxylic acids is 1. The van der Waals surface area contributed by atoms with E-state index < -0.39 is 0 Å². The first-order valence-corrected chi connectivity index (χ1v) is 8.93. The Morgan fingerprint density at radius 2 is 2.12 bits per heavy atom. The highest BCUT2D eigenvalue weighted by Crippen LogP contribution is 2.29. The minimum atomic E-state index is 0. The van der Waals surface area contributed by atoms with E-state index in [-0.39, 0.29) is 37.3 Å². The van der Waals surface area contributed by atoms with Crippen LogP contribution in [0.3, 0.4) is 0 Å². The molecule has 4 rings (SSSR count). The fraction of sp³-hybridized carbons (Fsp3) is 0.353. The van der Waals surface area contributed by atoms with E-state index in [4.69, 9.17) is 4.98 Å². The molecule has 0 saturated carbocycles. The SMILES string of the molecule is Cc1ncsc1-c1nc2ccccc2n1CC(=O)NCC1CNC1.Cl.Cl. The van der Waals surface area contributed by atoms with Crippen LogP contribution in [0.15, 0.2) is 29.8 Å². The van der Waals surface area contributed by atoms with E-state index in [0.717, 1.165) is 47.1 Å². The zero-order valence-electron chi connectivity index (χ0n) is 14.3. The first-order valence-electron chi connectivity index (χ1n) is 8.05. The van der Waals surface area contributed by atoms with Crippen molar-refractivity contribution in [2.45, 2.75) is 13.5 Å². The third kappa shape index (κ3) is 4.01. The maximum absolute atomic E-state index is 12.4. The molecular formula is C17H21Cl2N5OS. The van der Waals surface area contributed by atoms with Gasteiger partial charge in [-0.3, -0.25) is 4.79 Å². The number of carbonyl (C=O) groups is 1. The number of nitrogens with zero attached hydrogens (tertiary/aromatic N) is 3. The van der Waals surface area contributed by atoms with Crippen molar-refractivity contribution in [3.8, 4) is 10.7 Å². The second-order valence-corrected chi connectivity index (χ2v) is 6.96. The number of thiazole rings is 1. The number of fused-ring (bicyclic) bond motifs is 1. The lowest BCUT2D eigenvalue weighted by molar-refractivity contribution is -0.121. The number of hydrogen-bond donors (Lipinski definition) is 2. The number of hydrogen-bond acceptors (Lipinski definition) is 5. The second kappa shape index (κ2) is 8.81. The molecule has 1 saturated heterocycles. The van der Waals surface area contributed by atoms with Crippen LogP contribution in [-0.4, -0.2) is 40.1 Å². The Labute approximate surface area is 168 Å². The molecule has 1 aliphatic heterocycles.